The average Bonchev–Trinajstić information content (AvgIpc) is 2.44. The summed E-state index contributed by atoms with van der Waals surface area (Å²) >= 11 is 0. The van der Waals surface area contributed by atoms with Gasteiger partial charge in [0.25, 0.3) is 0 Å². The van der Waals surface area contributed by atoms with E-state index in [1.54, 1.807) is 0 Å². The maximum atomic E-state index is 12.3. The number of carbonyl (C=O) groups is 2. The zero-order valence-corrected chi connectivity index (χ0v) is 14.8. The first-order chi connectivity index (χ1) is 10.8. The molecule has 2 amide bonds. The number of amides is 2. The molecule has 0 spiro atoms. The van der Waals surface area contributed by atoms with Crippen LogP contribution in [0.2, 0.25) is 0 Å². The summed E-state index contributed by atoms with van der Waals surface area (Å²) in [6.45, 7) is 10.5. The summed E-state index contributed by atoms with van der Waals surface area (Å²) in [5.74, 6) is 0.257. The minimum Gasteiger partial charge on any atom is -0.372 e. The van der Waals surface area contributed by atoms with Gasteiger partial charge in [-0.05, 0) is 34.1 Å². The molecular formula is C17H30N2O4. The van der Waals surface area contributed by atoms with Crippen molar-refractivity contribution in [1.29, 1.82) is 0 Å². The van der Waals surface area contributed by atoms with Crippen molar-refractivity contribution in [3.63, 3.8) is 0 Å². The van der Waals surface area contributed by atoms with Crippen LogP contribution in [0.3, 0.4) is 0 Å². The van der Waals surface area contributed by atoms with Gasteiger partial charge in [0.15, 0.2) is 0 Å². The maximum absolute atomic E-state index is 12.3. The van der Waals surface area contributed by atoms with Gasteiger partial charge in [0, 0.05) is 39.0 Å². The van der Waals surface area contributed by atoms with Crippen molar-refractivity contribution in [3.8, 4) is 0 Å². The molecule has 0 aliphatic carbocycles. The molecule has 0 unspecified atom stereocenters. The Hall–Kier alpha value is -1.14. The molecular weight excluding hydrogens is 296 g/mol. The Morgan fingerprint density at radius 2 is 1.04 bits per heavy atom. The number of nitrogens with zero attached hydrogens (tertiary/aromatic N) is 2. The third-order valence-corrected chi connectivity index (χ3v) is 4.33. The number of rotatable bonds is 4. The number of carbonyl (C=O) groups excluding carboxylic acids is 2. The molecule has 2 rings (SSSR count). The van der Waals surface area contributed by atoms with Gasteiger partial charge in [0.05, 0.1) is 24.4 Å². The molecule has 132 valence electrons. The monoisotopic (exact) mass is 326 g/mol. The summed E-state index contributed by atoms with van der Waals surface area (Å²) in [7, 11) is 0. The molecule has 6 nitrogen and oxygen atoms in total. The van der Waals surface area contributed by atoms with Gasteiger partial charge in [-0.2, -0.15) is 0 Å². The predicted octanol–water partition coefficient (Wildman–Crippen LogP) is 1.43. The molecule has 0 aromatic heterocycles. The van der Waals surface area contributed by atoms with Crippen LogP contribution in [0, 0.1) is 0 Å². The largest absolute Gasteiger partial charge is 0.372 e. The fourth-order valence-electron chi connectivity index (χ4n) is 3.47. The van der Waals surface area contributed by atoms with Gasteiger partial charge in [0.2, 0.25) is 11.8 Å². The van der Waals surface area contributed by atoms with Crippen molar-refractivity contribution in [2.24, 2.45) is 0 Å². The van der Waals surface area contributed by atoms with E-state index in [4.69, 9.17) is 9.47 Å². The third kappa shape index (κ3) is 5.46. The Bertz CT molecular complexity index is 371. The van der Waals surface area contributed by atoms with Crippen LogP contribution in [0.25, 0.3) is 0 Å². The normalized spacial score (nSPS) is 32.0. The quantitative estimate of drug-likeness (QED) is 0.784. The van der Waals surface area contributed by atoms with E-state index in [-0.39, 0.29) is 36.2 Å². The van der Waals surface area contributed by atoms with E-state index in [2.05, 4.69) is 0 Å². The summed E-state index contributed by atoms with van der Waals surface area (Å²) in [6.07, 6.45) is 1.81. The van der Waals surface area contributed by atoms with Gasteiger partial charge in [-0.25, -0.2) is 0 Å². The van der Waals surface area contributed by atoms with Crippen LogP contribution in [0.4, 0.5) is 0 Å². The van der Waals surface area contributed by atoms with Gasteiger partial charge in [0.1, 0.15) is 0 Å². The summed E-state index contributed by atoms with van der Waals surface area (Å²) in [5, 5.41) is 0. The second-order valence-corrected chi connectivity index (χ2v) is 6.97. The van der Waals surface area contributed by atoms with Crippen molar-refractivity contribution in [2.75, 3.05) is 26.2 Å². The maximum Gasteiger partial charge on any atom is 0.222 e. The van der Waals surface area contributed by atoms with Crippen molar-refractivity contribution in [3.05, 3.63) is 0 Å². The van der Waals surface area contributed by atoms with Crippen LogP contribution in [0.1, 0.15) is 47.0 Å². The molecule has 2 aliphatic rings. The van der Waals surface area contributed by atoms with E-state index in [0.717, 1.165) is 0 Å². The van der Waals surface area contributed by atoms with Gasteiger partial charge in [-0.15, -0.1) is 0 Å². The first kappa shape index (κ1) is 18.2. The number of ether oxygens (including phenoxy) is 2. The first-order valence-electron chi connectivity index (χ1n) is 8.71. The van der Waals surface area contributed by atoms with Gasteiger partial charge in [-0.1, -0.05) is 0 Å². The summed E-state index contributed by atoms with van der Waals surface area (Å²) in [4.78, 5) is 28.3. The second kappa shape index (κ2) is 8.11. The molecule has 2 aliphatic heterocycles. The molecule has 0 saturated carbocycles. The fraction of sp³-hybridized carbons (Fsp3) is 0.882. The highest BCUT2D eigenvalue weighted by Crippen LogP contribution is 2.15. The molecule has 0 aromatic rings. The Morgan fingerprint density at radius 3 is 1.35 bits per heavy atom. The number of hydrogen-bond donors (Lipinski definition) is 0. The Kier molecular flexibility index (Phi) is 6.41. The van der Waals surface area contributed by atoms with Crippen molar-refractivity contribution in [1.82, 2.24) is 9.80 Å². The topological polar surface area (TPSA) is 59.1 Å². The van der Waals surface area contributed by atoms with Gasteiger partial charge < -0.3 is 19.3 Å². The van der Waals surface area contributed by atoms with Crippen LogP contribution in [-0.2, 0) is 19.1 Å². The van der Waals surface area contributed by atoms with Crippen LogP contribution >= 0.6 is 0 Å². The van der Waals surface area contributed by atoms with E-state index >= 15 is 0 Å². The van der Waals surface area contributed by atoms with E-state index in [9.17, 15) is 9.59 Å². The third-order valence-electron chi connectivity index (χ3n) is 4.33. The van der Waals surface area contributed by atoms with Crippen molar-refractivity contribution >= 4 is 11.8 Å². The summed E-state index contributed by atoms with van der Waals surface area (Å²) in [5.41, 5.74) is 0. The Labute approximate surface area is 139 Å². The lowest BCUT2D eigenvalue weighted by atomic mass is 10.1. The highest BCUT2D eigenvalue weighted by atomic mass is 16.5. The fourth-order valence-corrected chi connectivity index (χ4v) is 3.47. The Balaban J connectivity index is 1.71. The van der Waals surface area contributed by atoms with Gasteiger partial charge >= 0.3 is 0 Å². The number of morpholine rings is 2. The van der Waals surface area contributed by atoms with Crippen molar-refractivity contribution < 1.29 is 19.1 Å². The molecule has 0 N–H and O–H groups in total. The molecule has 0 radical (unpaired) electrons. The second-order valence-electron chi connectivity index (χ2n) is 6.97. The minimum atomic E-state index is 0.0839. The molecule has 6 heteroatoms. The van der Waals surface area contributed by atoms with E-state index in [0.29, 0.717) is 45.4 Å². The first-order valence-corrected chi connectivity index (χ1v) is 8.71. The molecule has 4 atom stereocenters. The molecule has 2 fully saturated rings. The van der Waals surface area contributed by atoms with Crippen LogP contribution in [0.5, 0.6) is 0 Å². The molecule has 23 heavy (non-hydrogen) atoms. The van der Waals surface area contributed by atoms with E-state index in [1.165, 1.54) is 0 Å². The van der Waals surface area contributed by atoms with Crippen molar-refractivity contribution in [2.45, 2.75) is 71.4 Å². The average molecular weight is 326 g/mol. The SMILES string of the molecule is C[C@@H]1CN(C(=O)CCCC(=O)N2C[C@@H](C)O[C@@H](C)C2)C[C@H](C)O1. The highest BCUT2D eigenvalue weighted by Gasteiger charge is 2.27. The standard InChI is InChI=1S/C17H30N2O4/c1-12-8-18(9-13(2)22-12)16(20)6-5-7-17(21)19-10-14(3)23-15(4)11-19/h12-15H,5-11H2,1-4H3/t12-,13+,14-,15+. The lowest BCUT2D eigenvalue weighted by molar-refractivity contribution is -0.145. The molecule has 0 bridgehead atoms. The minimum absolute atomic E-state index is 0.0839. The van der Waals surface area contributed by atoms with Crippen LogP contribution in [0.15, 0.2) is 0 Å². The molecule has 0 aromatic carbocycles. The van der Waals surface area contributed by atoms with Crippen LogP contribution in [-0.4, -0.2) is 72.2 Å². The predicted molar refractivity (Wildman–Crippen MR) is 87.0 cm³/mol. The zero-order valence-electron chi connectivity index (χ0n) is 14.8. The summed E-state index contributed by atoms with van der Waals surface area (Å²) in [6, 6.07) is 0. The van der Waals surface area contributed by atoms with Gasteiger partial charge in [-0.3, -0.25) is 9.59 Å². The number of hydrogen-bond acceptors (Lipinski definition) is 4. The Morgan fingerprint density at radius 1 is 0.739 bits per heavy atom. The highest BCUT2D eigenvalue weighted by molar-refractivity contribution is 5.79. The molecule has 2 heterocycles. The molecule has 2 saturated heterocycles. The van der Waals surface area contributed by atoms with E-state index < -0.39 is 0 Å². The smallest absolute Gasteiger partial charge is 0.222 e. The summed E-state index contributed by atoms with van der Waals surface area (Å²) < 4.78 is 11.3. The zero-order chi connectivity index (χ0) is 17.0. The van der Waals surface area contributed by atoms with E-state index in [1.807, 2.05) is 37.5 Å². The lowest BCUT2D eigenvalue weighted by Gasteiger charge is -2.36. The van der Waals surface area contributed by atoms with Crippen LogP contribution < -0.4 is 0 Å². The lowest BCUT2D eigenvalue weighted by Crippen LogP contribution is -2.48.